The standard InChI is InChI=1S/C15H21N5O5/c1-4-5-6-9(14(23)24)17-10(21)7-20-8-16-12-11(20)13(22)19(3)15(25)18(12)2/h8-9H,4-7H2,1-3H3,(H,17,21)(H,23,24)/t9-/m0/s1. The number of aliphatic carboxylic acids is 1. The second-order valence-electron chi connectivity index (χ2n) is 5.85. The summed E-state index contributed by atoms with van der Waals surface area (Å²) >= 11 is 0. The monoisotopic (exact) mass is 351 g/mol. The Morgan fingerprint density at radius 3 is 2.56 bits per heavy atom. The molecule has 0 aliphatic rings. The first kappa shape index (κ1) is 18.4. The third kappa shape index (κ3) is 3.62. The Balaban J connectivity index is 2.29. The van der Waals surface area contributed by atoms with Crippen molar-refractivity contribution in [2.45, 2.75) is 38.8 Å². The van der Waals surface area contributed by atoms with Gasteiger partial charge in [-0.25, -0.2) is 14.6 Å². The van der Waals surface area contributed by atoms with Crippen molar-refractivity contribution < 1.29 is 14.7 Å². The van der Waals surface area contributed by atoms with Gasteiger partial charge in [-0.2, -0.15) is 0 Å². The normalized spacial score (nSPS) is 12.3. The highest BCUT2D eigenvalue weighted by Crippen LogP contribution is 2.06. The summed E-state index contributed by atoms with van der Waals surface area (Å²) in [6.45, 7) is 1.66. The minimum absolute atomic E-state index is 0.111. The van der Waals surface area contributed by atoms with Gasteiger partial charge in [-0.05, 0) is 6.42 Å². The van der Waals surface area contributed by atoms with Gasteiger partial charge in [0.2, 0.25) is 5.91 Å². The van der Waals surface area contributed by atoms with Crippen molar-refractivity contribution >= 4 is 23.0 Å². The number of fused-ring (bicyclic) bond motifs is 1. The molecule has 2 heterocycles. The molecule has 2 N–H and O–H groups in total. The third-order valence-electron chi connectivity index (χ3n) is 4.01. The number of carboxylic acids is 1. The van der Waals surface area contributed by atoms with Gasteiger partial charge < -0.3 is 15.0 Å². The number of amides is 1. The molecule has 0 saturated carbocycles. The molecule has 0 saturated heterocycles. The zero-order valence-corrected chi connectivity index (χ0v) is 14.4. The van der Waals surface area contributed by atoms with E-state index >= 15 is 0 Å². The number of hydrogen-bond donors (Lipinski definition) is 2. The Morgan fingerprint density at radius 1 is 1.28 bits per heavy atom. The third-order valence-corrected chi connectivity index (χ3v) is 4.01. The van der Waals surface area contributed by atoms with Gasteiger partial charge in [-0.15, -0.1) is 0 Å². The van der Waals surface area contributed by atoms with Crippen molar-refractivity contribution in [3.8, 4) is 0 Å². The number of hydrogen-bond acceptors (Lipinski definition) is 5. The SMILES string of the molecule is CCCC[C@H](NC(=O)Cn1cnc2c1c(=O)n(C)c(=O)n2C)C(=O)O. The van der Waals surface area contributed by atoms with E-state index < -0.39 is 29.2 Å². The molecule has 0 fully saturated rings. The van der Waals surface area contributed by atoms with Crippen LogP contribution >= 0.6 is 0 Å². The minimum atomic E-state index is -1.10. The van der Waals surface area contributed by atoms with Crippen molar-refractivity contribution in [1.29, 1.82) is 0 Å². The van der Waals surface area contributed by atoms with E-state index in [1.807, 2.05) is 6.92 Å². The van der Waals surface area contributed by atoms with Crippen LogP contribution in [0.15, 0.2) is 15.9 Å². The van der Waals surface area contributed by atoms with Crippen molar-refractivity contribution in [3.63, 3.8) is 0 Å². The van der Waals surface area contributed by atoms with Crippen LogP contribution < -0.4 is 16.6 Å². The summed E-state index contributed by atoms with van der Waals surface area (Å²) in [6.07, 6.45) is 3.11. The molecule has 0 radical (unpaired) electrons. The van der Waals surface area contributed by atoms with E-state index in [2.05, 4.69) is 10.3 Å². The van der Waals surface area contributed by atoms with Crippen LogP contribution in [0.2, 0.25) is 0 Å². The maximum absolute atomic E-state index is 12.3. The van der Waals surface area contributed by atoms with Gasteiger partial charge >= 0.3 is 11.7 Å². The first-order valence-corrected chi connectivity index (χ1v) is 7.91. The lowest BCUT2D eigenvalue weighted by molar-refractivity contribution is -0.142. The van der Waals surface area contributed by atoms with Gasteiger partial charge in [0.05, 0.1) is 6.33 Å². The average Bonchev–Trinajstić information content (AvgIpc) is 2.98. The Labute approximate surface area is 142 Å². The van der Waals surface area contributed by atoms with Crippen LogP contribution in [-0.2, 0) is 30.2 Å². The molecule has 10 heteroatoms. The van der Waals surface area contributed by atoms with Crippen molar-refractivity contribution in [3.05, 3.63) is 27.2 Å². The molecule has 0 aromatic carbocycles. The minimum Gasteiger partial charge on any atom is -0.480 e. The Hall–Kier alpha value is -2.91. The zero-order valence-electron chi connectivity index (χ0n) is 14.4. The smallest absolute Gasteiger partial charge is 0.332 e. The summed E-state index contributed by atoms with van der Waals surface area (Å²) in [6, 6.07) is -0.977. The van der Waals surface area contributed by atoms with E-state index in [0.717, 1.165) is 11.0 Å². The molecule has 0 bridgehead atoms. The topological polar surface area (TPSA) is 128 Å². The fourth-order valence-corrected chi connectivity index (χ4v) is 2.58. The molecule has 2 aromatic rings. The summed E-state index contributed by atoms with van der Waals surface area (Å²) < 4.78 is 3.46. The van der Waals surface area contributed by atoms with Crippen LogP contribution in [0, 0.1) is 0 Å². The maximum atomic E-state index is 12.3. The molecule has 10 nitrogen and oxygen atoms in total. The van der Waals surface area contributed by atoms with E-state index in [9.17, 15) is 19.2 Å². The number of aromatic nitrogens is 4. The van der Waals surface area contributed by atoms with E-state index in [4.69, 9.17) is 5.11 Å². The first-order valence-electron chi connectivity index (χ1n) is 7.91. The first-order chi connectivity index (χ1) is 11.8. The van der Waals surface area contributed by atoms with E-state index in [1.54, 1.807) is 0 Å². The Morgan fingerprint density at radius 2 is 1.96 bits per heavy atom. The van der Waals surface area contributed by atoms with Crippen LogP contribution in [0.1, 0.15) is 26.2 Å². The number of nitrogens with one attached hydrogen (secondary N) is 1. The van der Waals surface area contributed by atoms with Crippen LogP contribution in [-0.4, -0.2) is 41.7 Å². The number of aryl methyl sites for hydroxylation is 1. The highest BCUT2D eigenvalue weighted by molar-refractivity contribution is 5.84. The lowest BCUT2D eigenvalue weighted by atomic mass is 10.1. The molecule has 1 atom stereocenters. The summed E-state index contributed by atoms with van der Waals surface area (Å²) in [5.74, 6) is -1.64. The molecule has 0 spiro atoms. The van der Waals surface area contributed by atoms with Crippen molar-refractivity contribution in [1.82, 2.24) is 24.0 Å². The molecule has 0 unspecified atom stereocenters. The summed E-state index contributed by atoms with van der Waals surface area (Å²) in [7, 11) is 2.82. The number of imidazole rings is 1. The van der Waals surface area contributed by atoms with E-state index in [0.29, 0.717) is 12.8 Å². The molecule has 25 heavy (non-hydrogen) atoms. The number of rotatable bonds is 7. The van der Waals surface area contributed by atoms with Crippen LogP contribution in [0.4, 0.5) is 0 Å². The second kappa shape index (κ2) is 7.32. The van der Waals surface area contributed by atoms with Crippen molar-refractivity contribution in [2.24, 2.45) is 14.1 Å². The van der Waals surface area contributed by atoms with Gasteiger partial charge in [0, 0.05) is 14.1 Å². The fraction of sp³-hybridized carbons (Fsp3) is 0.533. The number of nitrogens with zero attached hydrogens (tertiary/aromatic N) is 4. The Bertz CT molecular complexity index is 923. The highest BCUT2D eigenvalue weighted by atomic mass is 16.4. The van der Waals surface area contributed by atoms with E-state index in [1.165, 1.54) is 29.6 Å². The van der Waals surface area contributed by atoms with Gasteiger partial charge in [0.15, 0.2) is 11.2 Å². The number of carboxylic acid groups (broad SMARTS) is 1. The maximum Gasteiger partial charge on any atom is 0.332 e. The molecule has 1 amide bonds. The van der Waals surface area contributed by atoms with Gasteiger partial charge in [-0.1, -0.05) is 19.8 Å². The van der Waals surface area contributed by atoms with Crippen molar-refractivity contribution in [2.75, 3.05) is 0 Å². The highest BCUT2D eigenvalue weighted by Gasteiger charge is 2.21. The van der Waals surface area contributed by atoms with Crippen LogP contribution in [0.3, 0.4) is 0 Å². The lowest BCUT2D eigenvalue weighted by Gasteiger charge is -2.14. The summed E-state index contributed by atoms with van der Waals surface area (Å²) in [4.78, 5) is 51.6. The molecule has 2 aromatic heterocycles. The molecule has 2 rings (SSSR count). The predicted molar refractivity (Wildman–Crippen MR) is 89.3 cm³/mol. The number of carbonyl (C=O) groups excluding carboxylic acids is 1. The average molecular weight is 351 g/mol. The van der Waals surface area contributed by atoms with Gasteiger partial charge in [-0.3, -0.25) is 18.7 Å². The van der Waals surface area contributed by atoms with E-state index in [-0.39, 0.29) is 17.7 Å². The molecule has 0 aliphatic carbocycles. The Kier molecular flexibility index (Phi) is 5.40. The quantitative estimate of drug-likeness (QED) is 0.672. The van der Waals surface area contributed by atoms with Crippen LogP contribution in [0.25, 0.3) is 11.2 Å². The predicted octanol–water partition coefficient (Wildman–Crippen LogP) is -0.807. The molecule has 0 aliphatic heterocycles. The molecule has 136 valence electrons. The lowest BCUT2D eigenvalue weighted by Crippen LogP contribution is -2.42. The second-order valence-corrected chi connectivity index (χ2v) is 5.85. The zero-order chi connectivity index (χ0) is 18.7. The van der Waals surface area contributed by atoms with Gasteiger partial charge in [0.25, 0.3) is 5.56 Å². The fourth-order valence-electron chi connectivity index (χ4n) is 2.58. The number of unbranched alkanes of at least 4 members (excludes halogenated alkanes) is 1. The summed E-state index contributed by atoms with van der Waals surface area (Å²) in [5.41, 5.74) is -0.802. The molecular formula is C15H21N5O5. The molecular weight excluding hydrogens is 330 g/mol. The summed E-state index contributed by atoms with van der Waals surface area (Å²) in [5, 5.41) is 11.6. The van der Waals surface area contributed by atoms with Crippen LogP contribution in [0.5, 0.6) is 0 Å². The van der Waals surface area contributed by atoms with Gasteiger partial charge in [0.1, 0.15) is 12.6 Å². The number of carbonyl (C=O) groups is 2. The largest absolute Gasteiger partial charge is 0.480 e.